The molecule has 0 atom stereocenters. The normalized spacial score (nSPS) is 16.1. The van der Waals surface area contributed by atoms with Crippen molar-refractivity contribution in [1.82, 2.24) is 5.32 Å². The zero-order valence-electron chi connectivity index (χ0n) is 14.2. The van der Waals surface area contributed by atoms with E-state index in [0.29, 0.717) is 17.2 Å². The van der Waals surface area contributed by atoms with Crippen LogP contribution in [0.5, 0.6) is 0 Å². The lowest BCUT2D eigenvalue weighted by Gasteiger charge is -2.22. The largest absolute Gasteiger partial charge is 0.378 e. The van der Waals surface area contributed by atoms with E-state index in [1.807, 2.05) is 61.5 Å². The molecule has 1 aromatic carbocycles. The Labute approximate surface area is 147 Å². The molecule has 5 heteroatoms. The van der Waals surface area contributed by atoms with Crippen molar-refractivity contribution in [3.63, 3.8) is 0 Å². The number of nitrogens with zero attached hydrogens (tertiary/aromatic N) is 4. The van der Waals surface area contributed by atoms with Crippen LogP contribution in [-0.2, 0) is 0 Å². The molecule has 1 aliphatic heterocycles. The standard InChI is InChI=1S/C20H17N5/c1-25(2)16-7-5-14(6-8-16)19-9-17(13-3-4-13)18(12-23)20(24-19)15(10-21)11-22/h5-9,13,24H,3-4H2,1-2H3. The highest BCUT2D eigenvalue weighted by Gasteiger charge is 2.32. The van der Waals surface area contributed by atoms with Crippen molar-refractivity contribution < 1.29 is 0 Å². The molecule has 1 aliphatic carbocycles. The average Bonchev–Trinajstić information content (AvgIpc) is 3.47. The summed E-state index contributed by atoms with van der Waals surface area (Å²) in [4.78, 5) is 2.02. The first-order valence-electron chi connectivity index (χ1n) is 8.04. The van der Waals surface area contributed by atoms with Gasteiger partial charge in [0.05, 0.1) is 11.3 Å². The fourth-order valence-electron chi connectivity index (χ4n) is 2.86. The van der Waals surface area contributed by atoms with E-state index in [0.717, 1.165) is 35.4 Å². The van der Waals surface area contributed by atoms with Crippen molar-refractivity contribution >= 4 is 11.4 Å². The molecule has 122 valence electrons. The summed E-state index contributed by atoms with van der Waals surface area (Å²) < 4.78 is 0. The van der Waals surface area contributed by atoms with E-state index in [1.54, 1.807) is 0 Å². The molecule has 0 radical (unpaired) electrons. The fourth-order valence-corrected chi connectivity index (χ4v) is 2.86. The van der Waals surface area contributed by atoms with Crippen LogP contribution >= 0.6 is 0 Å². The molecule has 2 aliphatic rings. The summed E-state index contributed by atoms with van der Waals surface area (Å²) in [5.74, 6) is 0.335. The van der Waals surface area contributed by atoms with Gasteiger partial charge < -0.3 is 10.2 Å². The molecule has 0 aromatic heterocycles. The molecule has 25 heavy (non-hydrogen) atoms. The van der Waals surface area contributed by atoms with Crippen LogP contribution in [0.1, 0.15) is 18.4 Å². The minimum Gasteiger partial charge on any atom is -0.378 e. The molecule has 1 fully saturated rings. The summed E-state index contributed by atoms with van der Waals surface area (Å²) >= 11 is 0. The average molecular weight is 327 g/mol. The van der Waals surface area contributed by atoms with E-state index in [-0.39, 0.29) is 5.57 Å². The van der Waals surface area contributed by atoms with Crippen molar-refractivity contribution in [1.29, 1.82) is 15.8 Å². The quantitative estimate of drug-likeness (QED) is 0.861. The minimum absolute atomic E-state index is 0.0646. The number of dihydropyridines is 1. The van der Waals surface area contributed by atoms with Crippen molar-refractivity contribution in [3.05, 3.63) is 58.3 Å². The van der Waals surface area contributed by atoms with Gasteiger partial charge in [0.25, 0.3) is 0 Å². The predicted molar refractivity (Wildman–Crippen MR) is 95.5 cm³/mol. The van der Waals surface area contributed by atoms with Crippen LogP contribution in [0, 0.1) is 39.9 Å². The van der Waals surface area contributed by atoms with Gasteiger partial charge in [-0.1, -0.05) is 12.1 Å². The maximum atomic E-state index is 9.57. The molecule has 3 rings (SSSR count). The number of nitriles is 3. The van der Waals surface area contributed by atoms with Gasteiger partial charge in [0.15, 0.2) is 5.57 Å². The summed E-state index contributed by atoms with van der Waals surface area (Å²) in [5.41, 5.74) is 4.44. The molecule has 1 heterocycles. The molecular formula is C20H17N5. The SMILES string of the molecule is CN(C)c1ccc(C2=CC(C3CC3)=C(C#N)C(=C(C#N)C#N)N2)cc1. The number of anilines is 1. The first kappa shape index (κ1) is 16.4. The second-order valence-electron chi connectivity index (χ2n) is 6.31. The van der Waals surface area contributed by atoms with Gasteiger partial charge in [-0.3, -0.25) is 0 Å². The van der Waals surface area contributed by atoms with Crippen molar-refractivity contribution in [3.8, 4) is 18.2 Å². The van der Waals surface area contributed by atoms with Crippen LogP contribution in [0.25, 0.3) is 5.70 Å². The van der Waals surface area contributed by atoms with Crippen LogP contribution in [-0.4, -0.2) is 14.1 Å². The molecular weight excluding hydrogens is 310 g/mol. The lowest BCUT2D eigenvalue weighted by atomic mass is 9.93. The van der Waals surface area contributed by atoms with Crippen LogP contribution in [0.3, 0.4) is 0 Å². The minimum atomic E-state index is -0.0646. The Morgan fingerprint density at radius 1 is 1.08 bits per heavy atom. The Bertz CT molecular complexity index is 904. The monoisotopic (exact) mass is 327 g/mol. The van der Waals surface area contributed by atoms with Crippen LogP contribution in [0.4, 0.5) is 5.69 Å². The fraction of sp³-hybridized carbons (Fsp3) is 0.250. The van der Waals surface area contributed by atoms with E-state index in [4.69, 9.17) is 0 Å². The molecule has 5 nitrogen and oxygen atoms in total. The highest BCUT2D eigenvalue weighted by atomic mass is 15.1. The Morgan fingerprint density at radius 3 is 2.20 bits per heavy atom. The van der Waals surface area contributed by atoms with Gasteiger partial charge in [-0.25, -0.2) is 0 Å². The predicted octanol–water partition coefficient (Wildman–Crippen LogP) is 3.23. The Morgan fingerprint density at radius 2 is 1.72 bits per heavy atom. The zero-order chi connectivity index (χ0) is 18.0. The molecule has 1 N–H and O–H groups in total. The third kappa shape index (κ3) is 3.11. The van der Waals surface area contributed by atoms with Crippen molar-refractivity contribution in [2.45, 2.75) is 12.8 Å². The third-order valence-electron chi connectivity index (χ3n) is 4.40. The lowest BCUT2D eigenvalue weighted by molar-refractivity contribution is 0.973. The van der Waals surface area contributed by atoms with Gasteiger partial charge in [-0.05, 0) is 48.1 Å². The van der Waals surface area contributed by atoms with E-state index >= 15 is 0 Å². The smallest absolute Gasteiger partial charge is 0.154 e. The Kier molecular flexibility index (Phi) is 4.29. The summed E-state index contributed by atoms with van der Waals surface area (Å²) in [6.07, 6.45) is 4.05. The summed E-state index contributed by atoms with van der Waals surface area (Å²) in [6, 6.07) is 14.0. The Hall–Kier alpha value is -3.49. The maximum absolute atomic E-state index is 9.57. The highest BCUT2D eigenvalue weighted by Crippen LogP contribution is 2.43. The molecule has 0 saturated heterocycles. The van der Waals surface area contributed by atoms with Gasteiger partial charge in [0, 0.05) is 25.5 Å². The topological polar surface area (TPSA) is 86.6 Å². The lowest BCUT2D eigenvalue weighted by Crippen LogP contribution is -2.21. The van der Waals surface area contributed by atoms with Crippen LogP contribution in [0.15, 0.2) is 52.8 Å². The number of nitrogens with one attached hydrogen (secondary N) is 1. The van der Waals surface area contributed by atoms with Gasteiger partial charge >= 0.3 is 0 Å². The zero-order valence-corrected chi connectivity index (χ0v) is 14.2. The van der Waals surface area contributed by atoms with E-state index in [9.17, 15) is 15.8 Å². The van der Waals surface area contributed by atoms with Crippen molar-refractivity contribution in [2.24, 2.45) is 5.92 Å². The molecule has 0 unspecified atom stereocenters. The molecule has 0 spiro atoms. The molecule has 0 amide bonds. The number of allylic oxidation sites excluding steroid dienone is 4. The number of rotatable bonds is 3. The number of hydrogen-bond acceptors (Lipinski definition) is 5. The molecule has 0 bridgehead atoms. The second kappa shape index (κ2) is 6.56. The number of benzene rings is 1. The summed E-state index contributed by atoms with van der Waals surface area (Å²) in [7, 11) is 3.96. The van der Waals surface area contributed by atoms with Crippen molar-refractivity contribution in [2.75, 3.05) is 19.0 Å². The van der Waals surface area contributed by atoms with Gasteiger partial charge in [0.1, 0.15) is 18.2 Å². The maximum Gasteiger partial charge on any atom is 0.154 e. The molecule has 1 aromatic rings. The third-order valence-corrected chi connectivity index (χ3v) is 4.40. The summed E-state index contributed by atoms with van der Waals surface area (Å²) in [5, 5.41) is 31.2. The van der Waals surface area contributed by atoms with Crippen LogP contribution in [0.2, 0.25) is 0 Å². The van der Waals surface area contributed by atoms with E-state index in [1.165, 1.54) is 0 Å². The number of hydrogen-bond donors (Lipinski definition) is 1. The second-order valence-corrected chi connectivity index (χ2v) is 6.31. The van der Waals surface area contributed by atoms with Gasteiger partial charge in [0.2, 0.25) is 0 Å². The van der Waals surface area contributed by atoms with E-state index in [2.05, 4.69) is 11.4 Å². The first-order chi connectivity index (χ1) is 12.1. The first-order valence-corrected chi connectivity index (χ1v) is 8.04. The highest BCUT2D eigenvalue weighted by molar-refractivity contribution is 5.77. The van der Waals surface area contributed by atoms with Gasteiger partial charge in [-0.2, -0.15) is 15.8 Å². The van der Waals surface area contributed by atoms with Crippen LogP contribution < -0.4 is 10.2 Å². The van der Waals surface area contributed by atoms with Gasteiger partial charge in [-0.15, -0.1) is 0 Å². The summed E-state index contributed by atoms with van der Waals surface area (Å²) in [6.45, 7) is 0. The molecule has 1 saturated carbocycles. The van der Waals surface area contributed by atoms with E-state index < -0.39 is 0 Å². The Balaban J connectivity index is 2.11.